The van der Waals surface area contributed by atoms with E-state index in [1.165, 1.54) is 6.42 Å². The summed E-state index contributed by atoms with van der Waals surface area (Å²) in [5.74, 6) is 6.12. The lowest BCUT2D eigenvalue weighted by Crippen LogP contribution is -2.25. The quantitative estimate of drug-likeness (QED) is 0.629. The zero-order valence-electron chi connectivity index (χ0n) is 16.3. The molecule has 0 bridgehead atoms. The Morgan fingerprint density at radius 3 is 2.81 bits per heavy atom. The zero-order valence-corrected chi connectivity index (χ0v) is 16.3. The van der Waals surface area contributed by atoms with Crippen molar-refractivity contribution in [2.75, 3.05) is 24.6 Å². The third-order valence-electron chi connectivity index (χ3n) is 6.83. The predicted molar refractivity (Wildman–Crippen MR) is 106 cm³/mol. The lowest BCUT2D eigenvalue weighted by molar-refractivity contribution is -0.145. The summed E-state index contributed by atoms with van der Waals surface area (Å²) in [7, 11) is 0. The Balaban J connectivity index is 1.55. The van der Waals surface area contributed by atoms with Gasteiger partial charge in [-0.25, -0.2) is 0 Å². The summed E-state index contributed by atoms with van der Waals surface area (Å²) in [4.78, 5) is 15.1. The Morgan fingerprint density at radius 2 is 2.19 bits per heavy atom. The van der Waals surface area contributed by atoms with Crippen LogP contribution in [0.3, 0.4) is 0 Å². The SMILES string of the molecule is CC#CCOC(=O)C(c1ccc(N2C[C@H]3C[C@@]3(C)C2)cc1O)C1CCCC1. The molecule has 3 aliphatic rings. The van der Waals surface area contributed by atoms with Crippen LogP contribution >= 0.6 is 0 Å². The molecule has 4 nitrogen and oxygen atoms in total. The Kier molecular flexibility index (Phi) is 4.80. The minimum atomic E-state index is -0.398. The van der Waals surface area contributed by atoms with Crippen molar-refractivity contribution in [2.24, 2.45) is 17.3 Å². The van der Waals surface area contributed by atoms with Crippen LogP contribution in [0.1, 0.15) is 57.4 Å². The van der Waals surface area contributed by atoms with Gasteiger partial charge in [0.1, 0.15) is 5.75 Å². The van der Waals surface area contributed by atoms with E-state index in [0.717, 1.165) is 50.4 Å². The number of fused-ring (bicyclic) bond motifs is 1. The maximum Gasteiger partial charge on any atom is 0.314 e. The minimum Gasteiger partial charge on any atom is -0.508 e. The molecule has 2 saturated carbocycles. The maximum absolute atomic E-state index is 12.8. The highest BCUT2D eigenvalue weighted by molar-refractivity contribution is 5.80. The topological polar surface area (TPSA) is 49.8 Å². The number of rotatable bonds is 5. The Morgan fingerprint density at radius 1 is 1.41 bits per heavy atom. The zero-order chi connectivity index (χ0) is 19.0. The van der Waals surface area contributed by atoms with Crippen LogP contribution in [0, 0.1) is 29.1 Å². The van der Waals surface area contributed by atoms with Crippen molar-refractivity contribution in [3.8, 4) is 17.6 Å². The smallest absolute Gasteiger partial charge is 0.314 e. The number of esters is 1. The van der Waals surface area contributed by atoms with Crippen LogP contribution in [0.4, 0.5) is 5.69 Å². The monoisotopic (exact) mass is 367 g/mol. The van der Waals surface area contributed by atoms with Crippen LogP contribution < -0.4 is 4.90 Å². The van der Waals surface area contributed by atoms with Crippen LogP contribution in [0.15, 0.2) is 18.2 Å². The lowest BCUT2D eigenvalue weighted by atomic mass is 9.84. The van der Waals surface area contributed by atoms with Crippen LogP contribution in [-0.4, -0.2) is 30.8 Å². The number of ether oxygens (including phenoxy) is 1. The summed E-state index contributed by atoms with van der Waals surface area (Å²) in [6.07, 6.45) is 5.61. The maximum atomic E-state index is 12.8. The second-order valence-electron chi connectivity index (χ2n) is 8.74. The van der Waals surface area contributed by atoms with Crippen molar-refractivity contribution in [3.63, 3.8) is 0 Å². The van der Waals surface area contributed by atoms with Crippen LogP contribution in [0.25, 0.3) is 0 Å². The Labute approximate surface area is 161 Å². The molecule has 1 aromatic carbocycles. The molecule has 1 aromatic rings. The van der Waals surface area contributed by atoms with Gasteiger partial charge in [-0.15, -0.1) is 5.92 Å². The molecule has 1 unspecified atom stereocenters. The van der Waals surface area contributed by atoms with Gasteiger partial charge < -0.3 is 14.7 Å². The lowest BCUT2D eigenvalue weighted by Gasteiger charge is -2.25. The summed E-state index contributed by atoms with van der Waals surface area (Å²) in [6, 6.07) is 5.83. The average Bonchev–Trinajstić information content (AvgIpc) is 3.02. The van der Waals surface area contributed by atoms with Gasteiger partial charge in [0, 0.05) is 30.4 Å². The van der Waals surface area contributed by atoms with E-state index in [4.69, 9.17) is 4.74 Å². The molecule has 1 N–H and O–H groups in total. The van der Waals surface area contributed by atoms with Gasteiger partial charge in [-0.2, -0.15) is 0 Å². The van der Waals surface area contributed by atoms with E-state index in [0.29, 0.717) is 11.0 Å². The van der Waals surface area contributed by atoms with E-state index in [1.807, 2.05) is 12.1 Å². The predicted octanol–water partition coefficient (Wildman–Crippen LogP) is 4.08. The minimum absolute atomic E-state index is 0.116. The first-order chi connectivity index (χ1) is 13.0. The standard InChI is InChI=1S/C23H29NO3/c1-3-4-11-27-22(26)21(16-7-5-6-8-16)19-10-9-18(12-20(19)25)24-14-17-13-23(17,2)15-24/h9-10,12,16-17,21,25H,5-8,11,13-15H2,1-2H3/t17-,21?,23+/m1/s1. The van der Waals surface area contributed by atoms with E-state index in [2.05, 4.69) is 29.7 Å². The molecule has 0 radical (unpaired) electrons. The molecule has 1 aliphatic heterocycles. The number of aromatic hydroxyl groups is 1. The summed E-state index contributed by atoms with van der Waals surface area (Å²) in [5.41, 5.74) is 2.22. The number of anilines is 1. The van der Waals surface area contributed by atoms with Crippen LogP contribution in [-0.2, 0) is 9.53 Å². The average molecular weight is 367 g/mol. The first kappa shape index (κ1) is 18.2. The highest BCUT2D eigenvalue weighted by Gasteiger charge is 2.56. The molecule has 27 heavy (non-hydrogen) atoms. The molecule has 3 fully saturated rings. The molecule has 4 heteroatoms. The molecular formula is C23H29NO3. The van der Waals surface area contributed by atoms with Gasteiger partial charge in [-0.1, -0.05) is 31.8 Å². The number of benzene rings is 1. The van der Waals surface area contributed by atoms with Crippen molar-refractivity contribution in [2.45, 2.75) is 51.9 Å². The number of piperidine rings is 1. The van der Waals surface area contributed by atoms with Gasteiger partial charge >= 0.3 is 5.97 Å². The molecule has 1 heterocycles. The Bertz CT molecular complexity index is 787. The highest BCUT2D eigenvalue weighted by Crippen LogP contribution is 2.58. The highest BCUT2D eigenvalue weighted by atomic mass is 16.5. The van der Waals surface area contributed by atoms with Crippen molar-refractivity contribution < 1.29 is 14.6 Å². The van der Waals surface area contributed by atoms with Gasteiger partial charge in [0.25, 0.3) is 0 Å². The number of carbonyl (C=O) groups is 1. The number of phenols is 1. The van der Waals surface area contributed by atoms with Gasteiger partial charge in [-0.05, 0) is 49.5 Å². The van der Waals surface area contributed by atoms with E-state index < -0.39 is 5.92 Å². The second kappa shape index (κ2) is 7.11. The number of hydrogen-bond donors (Lipinski definition) is 1. The van der Waals surface area contributed by atoms with Gasteiger partial charge in [0.05, 0.1) is 5.92 Å². The number of nitrogens with zero attached hydrogens (tertiary/aromatic N) is 1. The number of hydrogen-bond acceptors (Lipinski definition) is 4. The normalized spacial score (nSPS) is 27.6. The van der Waals surface area contributed by atoms with E-state index in [9.17, 15) is 9.90 Å². The first-order valence-electron chi connectivity index (χ1n) is 10.2. The number of carbonyl (C=O) groups excluding carboxylic acids is 1. The fourth-order valence-corrected chi connectivity index (χ4v) is 5.07. The fraction of sp³-hybridized carbons (Fsp3) is 0.609. The molecule has 2 aliphatic carbocycles. The van der Waals surface area contributed by atoms with Crippen molar-refractivity contribution >= 4 is 11.7 Å². The van der Waals surface area contributed by atoms with Crippen molar-refractivity contribution in [3.05, 3.63) is 23.8 Å². The third kappa shape index (κ3) is 3.52. The van der Waals surface area contributed by atoms with Gasteiger partial charge in [-0.3, -0.25) is 4.79 Å². The summed E-state index contributed by atoms with van der Waals surface area (Å²) in [5, 5.41) is 10.8. The second-order valence-corrected chi connectivity index (χ2v) is 8.74. The Hall–Kier alpha value is -2.15. The fourth-order valence-electron chi connectivity index (χ4n) is 5.07. The van der Waals surface area contributed by atoms with Gasteiger partial charge in [0.15, 0.2) is 6.61 Å². The molecule has 4 rings (SSSR count). The van der Waals surface area contributed by atoms with Crippen LogP contribution in [0.5, 0.6) is 5.75 Å². The van der Waals surface area contributed by atoms with E-state index in [1.54, 1.807) is 6.92 Å². The van der Waals surface area contributed by atoms with E-state index >= 15 is 0 Å². The molecule has 144 valence electrons. The van der Waals surface area contributed by atoms with Crippen molar-refractivity contribution in [1.82, 2.24) is 0 Å². The summed E-state index contributed by atoms with van der Waals surface area (Å²) < 4.78 is 5.40. The molecule has 0 aromatic heterocycles. The largest absolute Gasteiger partial charge is 0.508 e. The van der Waals surface area contributed by atoms with Crippen LogP contribution in [0.2, 0.25) is 0 Å². The van der Waals surface area contributed by atoms with E-state index in [-0.39, 0.29) is 24.2 Å². The molecule has 0 spiro atoms. The third-order valence-corrected chi connectivity index (χ3v) is 6.83. The molecular weight excluding hydrogens is 338 g/mol. The van der Waals surface area contributed by atoms with Gasteiger partial charge in [0.2, 0.25) is 0 Å². The molecule has 3 atom stereocenters. The molecule has 1 saturated heterocycles. The number of phenolic OH excluding ortho intramolecular Hbond substituents is 1. The van der Waals surface area contributed by atoms with Crippen molar-refractivity contribution in [1.29, 1.82) is 0 Å². The first-order valence-corrected chi connectivity index (χ1v) is 10.2. The molecule has 0 amide bonds. The summed E-state index contributed by atoms with van der Waals surface area (Å²) in [6.45, 7) is 6.32. The summed E-state index contributed by atoms with van der Waals surface area (Å²) >= 11 is 0.